The Kier molecular flexibility index (Phi) is 5.40. The molecule has 0 spiro atoms. The van der Waals surface area contributed by atoms with Crippen LogP contribution in [-0.2, 0) is 22.4 Å². The molecule has 0 aliphatic heterocycles. The second-order valence-corrected chi connectivity index (χ2v) is 3.77. The molecular weight excluding hydrogens is 216 g/mol. The van der Waals surface area contributed by atoms with Crippen LogP contribution in [0.5, 0.6) is 0 Å². The zero-order chi connectivity index (χ0) is 12.7. The van der Waals surface area contributed by atoms with Crippen molar-refractivity contribution in [1.82, 2.24) is 0 Å². The summed E-state index contributed by atoms with van der Waals surface area (Å²) in [5.41, 5.74) is 2.64. The number of carbonyl (C=O) groups is 2. The van der Waals surface area contributed by atoms with Gasteiger partial charge in [-0.3, -0.25) is 0 Å². The van der Waals surface area contributed by atoms with Crippen LogP contribution in [0.2, 0.25) is 0 Å². The summed E-state index contributed by atoms with van der Waals surface area (Å²) in [5.74, 6) is -0.309. The predicted molar refractivity (Wildman–Crippen MR) is 66.2 cm³/mol. The maximum atomic E-state index is 11.7. The van der Waals surface area contributed by atoms with Crippen LogP contribution in [0.1, 0.15) is 41.8 Å². The quantitative estimate of drug-likeness (QED) is 0.561. The molecule has 0 aliphatic carbocycles. The topological polar surface area (TPSA) is 43.4 Å². The average Bonchev–Trinajstić information content (AvgIpc) is 2.36. The normalized spacial score (nSPS) is 10.0. The summed E-state index contributed by atoms with van der Waals surface area (Å²) in [6.45, 7) is 4.20. The van der Waals surface area contributed by atoms with Crippen LogP contribution in [0, 0.1) is 0 Å². The Bertz CT molecular complexity index is 396. The van der Waals surface area contributed by atoms with Crippen molar-refractivity contribution in [3.05, 3.63) is 34.9 Å². The highest BCUT2D eigenvalue weighted by molar-refractivity contribution is 5.91. The van der Waals surface area contributed by atoms with Crippen LogP contribution >= 0.6 is 0 Å². The molecule has 0 heterocycles. The number of aryl methyl sites for hydroxylation is 2. The molecule has 0 N–H and O–H groups in total. The molecule has 0 amide bonds. The molecule has 0 atom stereocenters. The minimum Gasteiger partial charge on any atom is -0.462 e. The van der Waals surface area contributed by atoms with Gasteiger partial charge in [-0.15, -0.1) is 0 Å². The van der Waals surface area contributed by atoms with E-state index >= 15 is 0 Å². The molecule has 3 heteroatoms. The molecule has 1 aromatic rings. The summed E-state index contributed by atoms with van der Waals surface area (Å²) in [4.78, 5) is 22.1. The third-order valence-electron chi connectivity index (χ3n) is 2.60. The van der Waals surface area contributed by atoms with Gasteiger partial charge in [0.15, 0.2) is 0 Å². The molecule has 0 saturated heterocycles. The zero-order valence-electron chi connectivity index (χ0n) is 10.4. The molecule has 3 nitrogen and oxygen atoms in total. The van der Waals surface area contributed by atoms with Gasteiger partial charge in [-0.1, -0.05) is 19.1 Å². The van der Waals surface area contributed by atoms with Crippen LogP contribution in [0.4, 0.5) is 0 Å². The first-order valence-electron chi connectivity index (χ1n) is 5.95. The Morgan fingerprint density at radius 1 is 1.35 bits per heavy atom. The Morgan fingerprint density at radius 2 is 2.12 bits per heavy atom. The van der Waals surface area contributed by atoms with E-state index in [1.807, 2.05) is 12.1 Å². The standard InChI is InChI=1S/C14H18O3/c1-3-11-7-8-13(14(16)17-4-2)12(10-11)6-5-9-15/h7-10H,3-6H2,1-2H3. The lowest BCUT2D eigenvalue weighted by Crippen LogP contribution is -2.09. The number of rotatable bonds is 6. The first-order chi connectivity index (χ1) is 8.22. The smallest absolute Gasteiger partial charge is 0.338 e. The van der Waals surface area contributed by atoms with Gasteiger partial charge in [-0.25, -0.2) is 4.79 Å². The monoisotopic (exact) mass is 234 g/mol. The first-order valence-corrected chi connectivity index (χ1v) is 5.95. The third kappa shape index (κ3) is 3.70. The summed E-state index contributed by atoms with van der Waals surface area (Å²) >= 11 is 0. The Labute approximate surface area is 102 Å². The van der Waals surface area contributed by atoms with E-state index in [4.69, 9.17) is 4.74 Å². The second-order valence-electron chi connectivity index (χ2n) is 3.77. The van der Waals surface area contributed by atoms with Gasteiger partial charge >= 0.3 is 5.97 Å². The van der Waals surface area contributed by atoms with Crippen molar-refractivity contribution in [1.29, 1.82) is 0 Å². The third-order valence-corrected chi connectivity index (χ3v) is 2.60. The highest BCUT2D eigenvalue weighted by Crippen LogP contribution is 2.15. The van der Waals surface area contributed by atoms with E-state index < -0.39 is 0 Å². The molecule has 92 valence electrons. The molecular formula is C14H18O3. The van der Waals surface area contributed by atoms with E-state index in [0.717, 1.165) is 18.3 Å². The van der Waals surface area contributed by atoms with E-state index in [-0.39, 0.29) is 5.97 Å². The van der Waals surface area contributed by atoms with E-state index in [9.17, 15) is 9.59 Å². The Balaban J connectivity index is 3.00. The van der Waals surface area contributed by atoms with Crippen LogP contribution in [-0.4, -0.2) is 18.9 Å². The van der Waals surface area contributed by atoms with Crippen molar-refractivity contribution in [2.45, 2.75) is 33.1 Å². The van der Waals surface area contributed by atoms with Crippen LogP contribution in [0.25, 0.3) is 0 Å². The lowest BCUT2D eigenvalue weighted by Gasteiger charge is -2.09. The molecule has 0 aromatic heterocycles. The highest BCUT2D eigenvalue weighted by atomic mass is 16.5. The maximum Gasteiger partial charge on any atom is 0.338 e. The van der Waals surface area contributed by atoms with Gasteiger partial charge < -0.3 is 9.53 Å². The van der Waals surface area contributed by atoms with Crippen LogP contribution in [0.3, 0.4) is 0 Å². The molecule has 0 fully saturated rings. The summed E-state index contributed by atoms with van der Waals surface area (Å²) in [7, 11) is 0. The Hall–Kier alpha value is -1.64. The van der Waals surface area contributed by atoms with Gasteiger partial charge in [0, 0.05) is 6.42 Å². The van der Waals surface area contributed by atoms with Gasteiger partial charge in [-0.05, 0) is 37.0 Å². The molecule has 0 saturated carbocycles. The highest BCUT2D eigenvalue weighted by Gasteiger charge is 2.12. The molecule has 1 aromatic carbocycles. The van der Waals surface area contributed by atoms with E-state index in [2.05, 4.69) is 6.92 Å². The molecule has 0 unspecified atom stereocenters. The summed E-state index contributed by atoms with van der Waals surface area (Å²) in [6, 6.07) is 5.70. The fraction of sp³-hybridized carbons (Fsp3) is 0.429. The minimum atomic E-state index is -0.309. The van der Waals surface area contributed by atoms with Crippen molar-refractivity contribution in [2.75, 3.05) is 6.61 Å². The summed E-state index contributed by atoms with van der Waals surface area (Å²) < 4.78 is 4.99. The number of hydrogen-bond acceptors (Lipinski definition) is 3. The fourth-order valence-corrected chi connectivity index (χ4v) is 1.70. The van der Waals surface area contributed by atoms with Gasteiger partial charge in [0.05, 0.1) is 12.2 Å². The van der Waals surface area contributed by atoms with Crippen LogP contribution in [0.15, 0.2) is 18.2 Å². The predicted octanol–water partition coefficient (Wildman–Crippen LogP) is 2.56. The molecule has 1 rings (SSSR count). The minimum absolute atomic E-state index is 0.309. The number of benzene rings is 1. The van der Waals surface area contributed by atoms with Gasteiger partial charge in [0.25, 0.3) is 0 Å². The molecule has 17 heavy (non-hydrogen) atoms. The SMILES string of the molecule is CCOC(=O)c1ccc(CC)cc1CCC=O. The van der Waals surface area contributed by atoms with E-state index in [1.165, 1.54) is 5.56 Å². The van der Waals surface area contributed by atoms with E-state index in [0.29, 0.717) is 25.0 Å². The van der Waals surface area contributed by atoms with Gasteiger partial charge in [0.2, 0.25) is 0 Å². The summed E-state index contributed by atoms with van der Waals surface area (Å²) in [6.07, 6.45) is 2.80. The number of aldehydes is 1. The lowest BCUT2D eigenvalue weighted by molar-refractivity contribution is -0.107. The first kappa shape index (κ1) is 13.4. The van der Waals surface area contributed by atoms with Crippen molar-refractivity contribution < 1.29 is 14.3 Å². The van der Waals surface area contributed by atoms with Crippen molar-refractivity contribution in [3.8, 4) is 0 Å². The maximum absolute atomic E-state index is 11.7. The Morgan fingerprint density at radius 3 is 2.71 bits per heavy atom. The van der Waals surface area contributed by atoms with Gasteiger partial charge in [0.1, 0.15) is 6.29 Å². The molecule has 0 bridgehead atoms. The number of ether oxygens (including phenoxy) is 1. The molecule has 0 radical (unpaired) electrons. The number of esters is 1. The molecule has 0 aliphatic rings. The number of hydrogen-bond donors (Lipinski definition) is 0. The largest absolute Gasteiger partial charge is 0.462 e. The average molecular weight is 234 g/mol. The number of carbonyl (C=O) groups excluding carboxylic acids is 2. The zero-order valence-corrected chi connectivity index (χ0v) is 10.4. The second kappa shape index (κ2) is 6.84. The van der Waals surface area contributed by atoms with Crippen LogP contribution < -0.4 is 0 Å². The lowest BCUT2D eigenvalue weighted by atomic mass is 9.99. The van der Waals surface area contributed by atoms with E-state index in [1.54, 1.807) is 13.0 Å². The summed E-state index contributed by atoms with van der Waals surface area (Å²) in [5, 5.41) is 0. The van der Waals surface area contributed by atoms with Crippen molar-refractivity contribution >= 4 is 12.3 Å². The van der Waals surface area contributed by atoms with Crippen molar-refractivity contribution in [2.24, 2.45) is 0 Å². The van der Waals surface area contributed by atoms with Crippen molar-refractivity contribution in [3.63, 3.8) is 0 Å². The fourth-order valence-electron chi connectivity index (χ4n) is 1.70. The van der Waals surface area contributed by atoms with Gasteiger partial charge in [-0.2, -0.15) is 0 Å².